The van der Waals surface area contributed by atoms with Crippen molar-refractivity contribution in [2.45, 2.75) is 13.0 Å². The average molecular weight is 289 g/mol. The number of benzene rings is 1. The summed E-state index contributed by atoms with van der Waals surface area (Å²) in [6.45, 7) is 2.14. The van der Waals surface area contributed by atoms with E-state index in [2.05, 4.69) is 38.1 Å². The van der Waals surface area contributed by atoms with Gasteiger partial charge in [-0.15, -0.1) is 0 Å². The van der Waals surface area contributed by atoms with Crippen LogP contribution in [0.3, 0.4) is 0 Å². The van der Waals surface area contributed by atoms with Crippen molar-refractivity contribution in [1.29, 1.82) is 0 Å². The first kappa shape index (κ1) is 9.27. The predicted octanol–water partition coefficient (Wildman–Crippen LogP) is 2.40. The van der Waals surface area contributed by atoms with Crippen LogP contribution in [0.2, 0.25) is 0 Å². The molecule has 13 heavy (non-hydrogen) atoms. The molecule has 0 aliphatic carbocycles. The van der Waals surface area contributed by atoms with Gasteiger partial charge in [0.15, 0.2) is 0 Å². The summed E-state index contributed by atoms with van der Waals surface area (Å²) in [6.07, 6.45) is 1.13. The van der Waals surface area contributed by atoms with E-state index in [1.807, 2.05) is 6.07 Å². The van der Waals surface area contributed by atoms with E-state index in [0.29, 0.717) is 0 Å². The van der Waals surface area contributed by atoms with Gasteiger partial charge in [-0.3, -0.25) is 0 Å². The second-order valence-corrected chi connectivity index (χ2v) is 4.56. The normalized spacial score (nSPS) is 16.8. The number of halogens is 1. The molecular formula is C10H12INO. The second-order valence-electron chi connectivity index (χ2n) is 3.19. The van der Waals surface area contributed by atoms with Crippen molar-refractivity contribution in [3.8, 4) is 5.75 Å². The molecule has 0 radical (unpaired) electrons. The first-order valence-corrected chi connectivity index (χ1v) is 5.33. The molecule has 1 aromatic carbocycles. The van der Waals surface area contributed by atoms with Gasteiger partial charge in [-0.2, -0.15) is 0 Å². The zero-order valence-electron chi connectivity index (χ0n) is 7.59. The van der Waals surface area contributed by atoms with E-state index >= 15 is 0 Å². The van der Waals surface area contributed by atoms with Crippen LogP contribution in [0, 0.1) is 0 Å². The molecule has 1 aliphatic heterocycles. The molecule has 0 fully saturated rings. The first-order chi connectivity index (χ1) is 6.31. The molecular weight excluding hydrogens is 277 g/mol. The molecule has 70 valence electrons. The average Bonchev–Trinajstić information content (AvgIpc) is 2.17. The minimum absolute atomic E-state index is 1.000. The van der Waals surface area contributed by atoms with Gasteiger partial charge >= 0.3 is 0 Å². The van der Waals surface area contributed by atoms with Crippen LogP contribution in [0.5, 0.6) is 5.75 Å². The van der Waals surface area contributed by atoms with Gasteiger partial charge in [0.05, 0.1) is 7.11 Å². The number of ether oxygens (including phenoxy) is 1. The first-order valence-electron chi connectivity index (χ1n) is 4.36. The molecule has 2 nitrogen and oxygen atoms in total. The van der Waals surface area contributed by atoms with Crippen LogP contribution >= 0.6 is 22.9 Å². The Morgan fingerprint density at radius 1 is 1.46 bits per heavy atom. The summed E-state index contributed by atoms with van der Waals surface area (Å²) in [4.78, 5) is 0. The number of methoxy groups -OCH3 is 1. The molecule has 1 aromatic rings. The number of fused-ring (bicyclic) bond motifs is 1. The Kier molecular flexibility index (Phi) is 2.74. The third-order valence-electron chi connectivity index (χ3n) is 2.40. The maximum absolute atomic E-state index is 5.33. The monoisotopic (exact) mass is 289 g/mol. The Hall–Kier alpha value is -0.290. The quantitative estimate of drug-likeness (QED) is 0.581. The molecule has 1 heterocycles. The molecule has 0 amide bonds. The van der Waals surface area contributed by atoms with Crippen LogP contribution in [0.15, 0.2) is 18.2 Å². The molecule has 2 rings (SSSR count). The third kappa shape index (κ3) is 1.81. The highest BCUT2D eigenvalue weighted by molar-refractivity contribution is 14.1. The Morgan fingerprint density at radius 2 is 2.31 bits per heavy atom. The van der Waals surface area contributed by atoms with Gasteiger partial charge in [-0.1, -0.05) is 12.1 Å². The van der Waals surface area contributed by atoms with Crippen LogP contribution in [0.25, 0.3) is 0 Å². The largest absolute Gasteiger partial charge is 0.496 e. The van der Waals surface area contributed by atoms with E-state index < -0.39 is 0 Å². The molecule has 0 aromatic heterocycles. The van der Waals surface area contributed by atoms with Crippen molar-refractivity contribution >= 4 is 22.9 Å². The van der Waals surface area contributed by atoms with E-state index in [1.54, 1.807) is 7.11 Å². The fourth-order valence-electron chi connectivity index (χ4n) is 1.71. The second kappa shape index (κ2) is 3.84. The van der Waals surface area contributed by atoms with Crippen molar-refractivity contribution < 1.29 is 4.74 Å². The summed E-state index contributed by atoms with van der Waals surface area (Å²) >= 11 is 2.36. The van der Waals surface area contributed by atoms with Crippen LogP contribution in [-0.4, -0.2) is 16.8 Å². The lowest BCUT2D eigenvalue weighted by Gasteiger charge is -2.24. The Balaban J connectivity index is 2.41. The standard InChI is InChI=1S/C10H12INO/c1-13-10-4-2-3-8-5-6-12(11)7-9(8)10/h2-4H,5-7H2,1H3. The molecule has 0 N–H and O–H groups in total. The molecule has 1 aliphatic rings. The Bertz CT molecular complexity index is 300. The lowest BCUT2D eigenvalue weighted by Crippen LogP contribution is -2.22. The van der Waals surface area contributed by atoms with Crippen LogP contribution in [-0.2, 0) is 13.0 Å². The number of hydrogen-bond donors (Lipinski definition) is 0. The fourth-order valence-corrected chi connectivity index (χ4v) is 2.29. The van der Waals surface area contributed by atoms with E-state index in [1.165, 1.54) is 11.1 Å². The number of hydrogen-bond acceptors (Lipinski definition) is 2. The fraction of sp³-hybridized carbons (Fsp3) is 0.400. The lowest BCUT2D eigenvalue weighted by atomic mass is 10.0. The minimum Gasteiger partial charge on any atom is -0.496 e. The molecule has 0 saturated carbocycles. The van der Waals surface area contributed by atoms with Crippen LogP contribution in [0.1, 0.15) is 11.1 Å². The number of nitrogens with zero attached hydrogens (tertiary/aromatic N) is 1. The van der Waals surface area contributed by atoms with E-state index in [-0.39, 0.29) is 0 Å². The lowest BCUT2D eigenvalue weighted by molar-refractivity contribution is 0.392. The van der Waals surface area contributed by atoms with Crippen LogP contribution in [0.4, 0.5) is 0 Å². The van der Waals surface area contributed by atoms with Gasteiger partial charge in [-0.05, 0) is 18.1 Å². The van der Waals surface area contributed by atoms with Crippen molar-refractivity contribution in [2.75, 3.05) is 13.7 Å². The van der Waals surface area contributed by atoms with Gasteiger partial charge in [-0.25, -0.2) is 3.11 Å². The van der Waals surface area contributed by atoms with Crippen LogP contribution < -0.4 is 4.74 Å². The smallest absolute Gasteiger partial charge is 0.123 e. The summed E-state index contributed by atoms with van der Waals surface area (Å²) < 4.78 is 7.63. The molecule has 0 atom stereocenters. The Labute approximate surface area is 92.4 Å². The van der Waals surface area contributed by atoms with Gasteiger partial charge in [0.25, 0.3) is 0 Å². The third-order valence-corrected chi connectivity index (χ3v) is 3.23. The van der Waals surface area contributed by atoms with Gasteiger partial charge in [0, 0.05) is 41.5 Å². The SMILES string of the molecule is COc1cccc2c1CN(I)CC2. The molecule has 0 unspecified atom stereocenters. The summed E-state index contributed by atoms with van der Waals surface area (Å²) in [7, 11) is 1.74. The van der Waals surface area contributed by atoms with Gasteiger partial charge in [0.2, 0.25) is 0 Å². The van der Waals surface area contributed by atoms with E-state index in [0.717, 1.165) is 25.3 Å². The van der Waals surface area contributed by atoms with E-state index in [9.17, 15) is 0 Å². The summed E-state index contributed by atoms with van der Waals surface area (Å²) in [6, 6.07) is 6.30. The molecule has 0 spiro atoms. The van der Waals surface area contributed by atoms with Crippen molar-refractivity contribution in [3.63, 3.8) is 0 Å². The Morgan fingerprint density at radius 3 is 3.08 bits per heavy atom. The molecule has 0 saturated heterocycles. The predicted molar refractivity (Wildman–Crippen MR) is 61.1 cm³/mol. The van der Waals surface area contributed by atoms with Gasteiger partial charge < -0.3 is 4.74 Å². The summed E-state index contributed by atoms with van der Waals surface area (Å²) in [5, 5.41) is 0. The molecule has 0 bridgehead atoms. The van der Waals surface area contributed by atoms with Gasteiger partial charge in [0.1, 0.15) is 5.75 Å². The molecule has 3 heteroatoms. The summed E-state index contributed by atoms with van der Waals surface area (Å²) in [5.74, 6) is 1.03. The minimum atomic E-state index is 1.000. The highest BCUT2D eigenvalue weighted by atomic mass is 127. The van der Waals surface area contributed by atoms with Crippen molar-refractivity contribution in [3.05, 3.63) is 29.3 Å². The van der Waals surface area contributed by atoms with E-state index in [4.69, 9.17) is 4.74 Å². The zero-order chi connectivity index (χ0) is 9.26. The number of rotatable bonds is 1. The maximum Gasteiger partial charge on any atom is 0.123 e. The summed E-state index contributed by atoms with van der Waals surface area (Å²) in [5.41, 5.74) is 2.79. The highest BCUT2D eigenvalue weighted by Crippen LogP contribution is 2.28. The van der Waals surface area contributed by atoms with Crippen molar-refractivity contribution in [1.82, 2.24) is 3.11 Å². The topological polar surface area (TPSA) is 12.5 Å². The zero-order valence-corrected chi connectivity index (χ0v) is 9.74. The maximum atomic E-state index is 5.33. The highest BCUT2D eigenvalue weighted by Gasteiger charge is 2.17. The van der Waals surface area contributed by atoms with Crippen molar-refractivity contribution in [2.24, 2.45) is 0 Å².